The molecule has 2 aromatic rings. The molecule has 0 bridgehead atoms. The van der Waals surface area contributed by atoms with Gasteiger partial charge >= 0.3 is 0 Å². The topological polar surface area (TPSA) is 49.8 Å². The standard InChI is InChI=1S/C21H25NO3/c23-19-10-8-17(9-11-19)18-12-14-22(15-13-18)21(24)7-4-16-25-20-5-2-1-3-6-20/h1-3,5-6,8-11,18,23H,4,7,12-16H2. The Morgan fingerprint density at radius 2 is 1.72 bits per heavy atom. The van der Waals surface area contributed by atoms with Crippen LogP contribution >= 0.6 is 0 Å². The van der Waals surface area contributed by atoms with Gasteiger partial charge in [-0.2, -0.15) is 0 Å². The van der Waals surface area contributed by atoms with Crippen molar-refractivity contribution in [3.63, 3.8) is 0 Å². The van der Waals surface area contributed by atoms with Crippen LogP contribution in [0.25, 0.3) is 0 Å². The molecule has 1 heterocycles. The van der Waals surface area contributed by atoms with Crippen molar-refractivity contribution >= 4 is 5.91 Å². The van der Waals surface area contributed by atoms with Gasteiger partial charge in [0, 0.05) is 19.5 Å². The maximum atomic E-state index is 12.3. The fourth-order valence-electron chi connectivity index (χ4n) is 3.30. The molecule has 2 aromatic carbocycles. The Kier molecular flexibility index (Phi) is 5.94. The van der Waals surface area contributed by atoms with E-state index in [2.05, 4.69) is 0 Å². The molecule has 0 spiro atoms. The van der Waals surface area contributed by atoms with E-state index in [1.807, 2.05) is 47.4 Å². The number of ether oxygens (including phenoxy) is 1. The maximum absolute atomic E-state index is 12.3. The highest BCUT2D eigenvalue weighted by Gasteiger charge is 2.23. The first kappa shape index (κ1) is 17.3. The van der Waals surface area contributed by atoms with E-state index in [0.717, 1.165) is 38.1 Å². The second-order valence-electron chi connectivity index (χ2n) is 6.51. The largest absolute Gasteiger partial charge is 0.508 e. The summed E-state index contributed by atoms with van der Waals surface area (Å²) >= 11 is 0. The molecule has 1 aliphatic heterocycles. The Hall–Kier alpha value is -2.49. The van der Waals surface area contributed by atoms with Crippen molar-refractivity contribution in [3.8, 4) is 11.5 Å². The Morgan fingerprint density at radius 3 is 2.40 bits per heavy atom. The van der Waals surface area contributed by atoms with Crippen molar-refractivity contribution < 1.29 is 14.6 Å². The Morgan fingerprint density at radius 1 is 1.04 bits per heavy atom. The molecule has 1 amide bonds. The molecule has 0 radical (unpaired) electrons. The molecule has 132 valence electrons. The molecule has 0 aliphatic carbocycles. The fourth-order valence-corrected chi connectivity index (χ4v) is 3.30. The second kappa shape index (κ2) is 8.56. The third kappa shape index (κ3) is 4.99. The minimum atomic E-state index is 0.223. The van der Waals surface area contributed by atoms with Crippen LogP contribution < -0.4 is 4.74 Å². The first-order valence-electron chi connectivity index (χ1n) is 8.97. The summed E-state index contributed by atoms with van der Waals surface area (Å²) in [5.74, 6) is 1.85. The summed E-state index contributed by atoms with van der Waals surface area (Å²) in [4.78, 5) is 14.3. The van der Waals surface area contributed by atoms with Crippen LogP contribution in [0.4, 0.5) is 0 Å². The van der Waals surface area contributed by atoms with Crippen LogP contribution in [-0.2, 0) is 4.79 Å². The summed E-state index contributed by atoms with van der Waals surface area (Å²) in [7, 11) is 0. The monoisotopic (exact) mass is 339 g/mol. The molecule has 0 saturated carbocycles. The minimum Gasteiger partial charge on any atom is -0.508 e. The van der Waals surface area contributed by atoms with Gasteiger partial charge in [-0.15, -0.1) is 0 Å². The van der Waals surface area contributed by atoms with Crippen LogP contribution in [0.3, 0.4) is 0 Å². The van der Waals surface area contributed by atoms with Crippen molar-refractivity contribution in [1.82, 2.24) is 4.90 Å². The van der Waals surface area contributed by atoms with E-state index in [1.165, 1.54) is 5.56 Å². The number of hydrogen-bond acceptors (Lipinski definition) is 3. The summed E-state index contributed by atoms with van der Waals surface area (Å²) in [5, 5.41) is 9.38. The van der Waals surface area contributed by atoms with Crippen LogP contribution in [0.2, 0.25) is 0 Å². The smallest absolute Gasteiger partial charge is 0.222 e. The van der Waals surface area contributed by atoms with Gasteiger partial charge in [0.25, 0.3) is 0 Å². The molecule has 1 N–H and O–H groups in total. The highest BCUT2D eigenvalue weighted by atomic mass is 16.5. The molecular formula is C21H25NO3. The first-order chi connectivity index (χ1) is 12.2. The molecule has 1 aliphatic rings. The summed E-state index contributed by atoms with van der Waals surface area (Å²) in [6, 6.07) is 17.1. The van der Waals surface area contributed by atoms with Crippen LogP contribution in [0.1, 0.15) is 37.2 Å². The van der Waals surface area contributed by atoms with Gasteiger partial charge in [-0.25, -0.2) is 0 Å². The van der Waals surface area contributed by atoms with E-state index in [0.29, 0.717) is 24.7 Å². The third-order valence-corrected chi connectivity index (χ3v) is 4.76. The number of carbonyl (C=O) groups excluding carboxylic acids is 1. The van der Waals surface area contributed by atoms with E-state index in [-0.39, 0.29) is 5.91 Å². The lowest BCUT2D eigenvalue weighted by atomic mass is 9.89. The average Bonchev–Trinajstić information content (AvgIpc) is 2.67. The molecule has 25 heavy (non-hydrogen) atoms. The van der Waals surface area contributed by atoms with Crippen molar-refractivity contribution in [3.05, 3.63) is 60.2 Å². The second-order valence-corrected chi connectivity index (χ2v) is 6.51. The number of amides is 1. The Balaban J connectivity index is 1.37. The summed E-state index contributed by atoms with van der Waals surface area (Å²) in [6.45, 7) is 2.19. The molecule has 0 atom stereocenters. The molecule has 1 saturated heterocycles. The zero-order valence-corrected chi connectivity index (χ0v) is 14.4. The van der Waals surface area contributed by atoms with Gasteiger partial charge in [0.05, 0.1) is 6.61 Å². The van der Waals surface area contributed by atoms with Crippen LogP contribution in [0.15, 0.2) is 54.6 Å². The molecule has 1 fully saturated rings. The number of nitrogens with zero attached hydrogens (tertiary/aromatic N) is 1. The van der Waals surface area contributed by atoms with Crippen molar-refractivity contribution in [2.24, 2.45) is 0 Å². The number of rotatable bonds is 6. The van der Waals surface area contributed by atoms with Gasteiger partial charge in [0.1, 0.15) is 11.5 Å². The summed E-state index contributed by atoms with van der Waals surface area (Å²) in [5.41, 5.74) is 1.25. The molecular weight excluding hydrogens is 314 g/mol. The normalized spacial score (nSPS) is 15.1. The number of carbonyl (C=O) groups is 1. The number of phenols is 1. The number of aromatic hydroxyl groups is 1. The van der Waals surface area contributed by atoms with E-state index in [1.54, 1.807) is 12.1 Å². The van der Waals surface area contributed by atoms with Gasteiger partial charge in [-0.05, 0) is 55.0 Å². The SMILES string of the molecule is O=C(CCCOc1ccccc1)N1CCC(c2ccc(O)cc2)CC1. The number of hydrogen-bond donors (Lipinski definition) is 1. The van der Waals surface area contributed by atoms with E-state index in [9.17, 15) is 9.90 Å². The van der Waals surface area contributed by atoms with E-state index in [4.69, 9.17) is 4.74 Å². The number of para-hydroxylation sites is 1. The lowest BCUT2D eigenvalue weighted by Crippen LogP contribution is -2.37. The van der Waals surface area contributed by atoms with Gasteiger partial charge in [0.15, 0.2) is 0 Å². The Labute approximate surface area is 149 Å². The molecule has 4 nitrogen and oxygen atoms in total. The van der Waals surface area contributed by atoms with Crippen LogP contribution in [0.5, 0.6) is 11.5 Å². The fraction of sp³-hybridized carbons (Fsp3) is 0.381. The van der Waals surface area contributed by atoms with Crippen LogP contribution in [0, 0.1) is 0 Å². The summed E-state index contributed by atoms with van der Waals surface area (Å²) < 4.78 is 5.64. The summed E-state index contributed by atoms with van der Waals surface area (Å²) in [6.07, 6.45) is 3.25. The lowest BCUT2D eigenvalue weighted by molar-refractivity contribution is -0.132. The predicted molar refractivity (Wildman–Crippen MR) is 97.8 cm³/mol. The molecule has 4 heteroatoms. The highest BCUT2D eigenvalue weighted by molar-refractivity contribution is 5.76. The number of phenolic OH excluding ortho intramolecular Hbond substituents is 1. The average molecular weight is 339 g/mol. The lowest BCUT2D eigenvalue weighted by Gasteiger charge is -2.32. The van der Waals surface area contributed by atoms with Gasteiger partial charge in [-0.1, -0.05) is 30.3 Å². The first-order valence-corrected chi connectivity index (χ1v) is 8.97. The quantitative estimate of drug-likeness (QED) is 0.811. The maximum Gasteiger partial charge on any atom is 0.222 e. The van der Waals surface area contributed by atoms with Gasteiger partial charge in [0.2, 0.25) is 5.91 Å². The van der Waals surface area contributed by atoms with Gasteiger partial charge < -0.3 is 14.7 Å². The highest BCUT2D eigenvalue weighted by Crippen LogP contribution is 2.29. The van der Waals surface area contributed by atoms with Gasteiger partial charge in [-0.3, -0.25) is 4.79 Å². The predicted octanol–water partition coefficient (Wildman–Crippen LogP) is 3.96. The minimum absolute atomic E-state index is 0.223. The van der Waals surface area contributed by atoms with Crippen molar-refractivity contribution in [2.75, 3.05) is 19.7 Å². The number of likely N-dealkylation sites (tertiary alicyclic amines) is 1. The number of benzene rings is 2. The zero-order chi connectivity index (χ0) is 17.5. The third-order valence-electron chi connectivity index (χ3n) is 4.76. The van der Waals surface area contributed by atoms with Crippen molar-refractivity contribution in [1.29, 1.82) is 0 Å². The van der Waals surface area contributed by atoms with E-state index >= 15 is 0 Å². The molecule has 0 aromatic heterocycles. The zero-order valence-electron chi connectivity index (χ0n) is 14.4. The molecule has 3 rings (SSSR count). The molecule has 0 unspecified atom stereocenters. The van der Waals surface area contributed by atoms with E-state index < -0.39 is 0 Å². The van der Waals surface area contributed by atoms with Crippen molar-refractivity contribution in [2.45, 2.75) is 31.6 Å². The van der Waals surface area contributed by atoms with Crippen LogP contribution in [-0.4, -0.2) is 35.6 Å². The number of piperidine rings is 1. The Bertz CT molecular complexity index is 661.